The van der Waals surface area contributed by atoms with Gasteiger partial charge in [0.25, 0.3) is 0 Å². The van der Waals surface area contributed by atoms with Gasteiger partial charge in [-0.3, -0.25) is 4.79 Å². The van der Waals surface area contributed by atoms with Crippen molar-refractivity contribution in [2.24, 2.45) is 5.41 Å². The molecular weight excluding hydrogens is 228 g/mol. The molecule has 0 saturated heterocycles. The zero-order valence-corrected chi connectivity index (χ0v) is 11.0. The molecule has 0 unspecified atom stereocenters. The van der Waals surface area contributed by atoms with Crippen LogP contribution in [-0.2, 0) is 17.6 Å². The summed E-state index contributed by atoms with van der Waals surface area (Å²) in [6, 6.07) is 6.31. The summed E-state index contributed by atoms with van der Waals surface area (Å²) in [5.74, 6) is 0.283. The van der Waals surface area contributed by atoms with E-state index in [1.807, 2.05) is 19.9 Å². The molecule has 0 spiro atoms. The monoisotopic (exact) mass is 248 g/mol. The van der Waals surface area contributed by atoms with E-state index in [4.69, 9.17) is 9.84 Å². The van der Waals surface area contributed by atoms with Crippen molar-refractivity contribution in [3.63, 3.8) is 0 Å². The first kappa shape index (κ1) is 12.9. The average Bonchev–Trinajstić information content (AvgIpc) is 2.71. The maximum atomic E-state index is 10.8. The fourth-order valence-electron chi connectivity index (χ4n) is 2.38. The van der Waals surface area contributed by atoms with Crippen molar-refractivity contribution in [3.8, 4) is 5.75 Å². The molecule has 1 aromatic carbocycles. The van der Waals surface area contributed by atoms with Gasteiger partial charge in [-0.25, -0.2) is 0 Å². The molecule has 0 saturated carbocycles. The van der Waals surface area contributed by atoms with Gasteiger partial charge < -0.3 is 9.84 Å². The predicted octanol–water partition coefficient (Wildman–Crippen LogP) is 3.06. The molecule has 0 fully saturated rings. The van der Waals surface area contributed by atoms with E-state index in [1.54, 1.807) is 0 Å². The SMILES string of the molecule is CC(C)(CCc1ccc2c(c1)CCO2)CC(=O)O. The van der Waals surface area contributed by atoms with Gasteiger partial charge in [-0.05, 0) is 35.4 Å². The molecule has 0 radical (unpaired) electrons. The number of fused-ring (bicyclic) bond motifs is 1. The van der Waals surface area contributed by atoms with Gasteiger partial charge in [0.15, 0.2) is 0 Å². The van der Waals surface area contributed by atoms with Crippen LogP contribution in [0.4, 0.5) is 0 Å². The minimum atomic E-state index is -0.720. The summed E-state index contributed by atoms with van der Waals surface area (Å²) in [7, 11) is 0. The summed E-state index contributed by atoms with van der Waals surface area (Å²) >= 11 is 0. The van der Waals surface area contributed by atoms with Gasteiger partial charge in [-0.15, -0.1) is 0 Å². The van der Waals surface area contributed by atoms with Crippen molar-refractivity contribution in [1.29, 1.82) is 0 Å². The van der Waals surface area contributed by atoms with E-state index >= 15 is 0 Å². The first-order valence-electron chi connectivity index (χ1n) is 6.43. The van der Waals surface area contributed by atoms with Gasteiger partial charge in [0, 0.05) is 6.42 Å². The van der Waals surface area contributed by atoms with Crippen LogP contribution in [0.3, 0.4) is 0 Å². The van der Waals surface area contributed by atoms with Crippen LogP contribution in [0.25, 0.3) is 0 Å². The molecule has 3 nitrogen and oxygen atoms in total. The Balaban J connectivity index is 1.96. The summed E-state index contributed by atoms with van der Waals surface area (Å²) in [6.45, 7) is 4.80. The minimum Gasteiger partial charge on any atom is -0.493 e. The van der Waals surface area contributed by atoms with Crippen molar-refractivity contribution in [1.82, 2.24) is 0 Å². The second kappa shape index (κ2) is 5.01. The molecular formula is C15H20O3. The highest BCUT2D eigenvalue weighted by molar-refractivity contribution is 5.67. The van der Waals surface area contributed by atoms with E-state index in [-0.39, 0.29) is 11.8 Å². The molecule has 1 heterocycles. The molecule has 18 heavy (non-hydrogen) atoms. The molecule has 0 amide bonds. The third-order valence-corrected chi connectivity index (χ3v) is 3.47. The Morgan fingerprint density at radius 1 is 1.44 bits per heavy atom. The van der Waals surface area contributed by atoms with Gasteiger partial charge >= 0.3 is 5.97 Å². The first-order chi connectivity index (χ1) is 8.46. The smallest absolute Gasteiger partial charge is 0.303 e. The third kappa shape index (κ3) is 3.25. The summed E-state index contributed by atoms with van der Waals surface area (Å²) in [5.41, 5.74) is 2.41. The van der Waals surface area contributed by atoms with Crippen LogP contribution in [0.5, 0.6) is 5.75 Å². The van der Waals surface area contributed by atoms with Crippen LogP contribution in [0, 0.1) is 5.41 Å². The Bertz CT molecular complexity index is 449. The van der Waals surface area contributed by atoms with Crippen LogP contribution in [-0.4, -0.2) is 17.7 Å². The second-order valence-corrected chi connectivity index (χ2v) is 5.78. The Morgan fingerprint density at radius 2 is 2.22 bits per heavy atom. The van der Waals surface area contributed by atoms with Crippen molar-refractivity contribution in [2.75, 3.05) is 6.61 Å². The number of hydrogen-bond donors (Lipinski definition) is 1. The van der Waals surface area contributed by atoms with Crippen molar-refractivity contribution < 1.29 is 14.6 Å². The van der Waals surface area contributed by atoms with Gasteiger partial charge in [-0.2, -0.15) is 0 Å². The number of aryl methyl sites for hydroxylation is 1. The largest absolute Gasteiger partial charge is 0.493 e. The molecule has 98 valence electrons. The summed E-state index contributed by atoms with van der Waals surface area (Å²) < 4.78 is 5.47. The fraction of sp³-hybridized carbons (Fsp3) is 0.533. The molecule has 2 rings (SSSR count). The van der Waals surface area contributed by atoms with Gasteiger partial charge in [0.2, 0.25) is 0 Å². The predicted molar refractivity (Wildman–Crippen MR) is 70.0 cm³/mol. The molecule has 0 bridgehead atoms. The Kier molecular flexibility index (Phi) is 3.60. The number of carboxylic acid groups (broad SMARTS) is 1. The highest BCUT2D eigenvalue weighted by Crippen LogP contribution is 2.30. The Hall–Kier alpha value is -1.51. The average molecular weight is 248 g/mol. The number of aliphatic carboxylic acids is 1. The minimum absolute atomic E-state index is 0.151. The second-order valence-electron chi connectivity index (χ2n) is 5.78. The highest BCUT2D eigenvalue weighted by atomic mass is 16.5. The number of rotatable bonds is 5. The standard InChI is InChI=1S/C15H20O3/c1-15(2,10-14(16)17)7-5-11-3-4-13-12(9-11)6-8-18-13/h3-4,9H,5-8,10H2,1-2H3,(H,16,17). The van der Waals surface area contributed by atoms with E-state index in [0.717, 1.165) is 31.6 Å². The molecule has 3 heteroatoms. The summed E-state index contributed by atoms with van der Waals surface area (Å²) in [5, 5.41) is 8.86. The number of carbonyl (C=O) groups is 1. The van der Waals surface area contributed by atoms with Crippen LogP contribution in [0.2, 0.25) is 0 Å². The molecule has 1 N–H and O–H groups in total. The zero-order valence-electron chi connectivity index (χ0n) is 11.0. The number of carboxylic acids is 1. The van der Waals surface area contributed by atoms with E-state index in [9.17, 15) is 4.79 Å². The molecule has 1 aliphatic heterocycles. The first-order valence-corrected chi connectivity index (χ1v) is 6.43. The normalized spacial score (nSPS) is 14.1. The number of hydrogen-bond acceptors (Lipinski definition) is 2. The van der Waals surface area contributed by atoms with Crippen molar-refractivity contribution in [2.45, 2.75) is 39.5 Å². The highest BCUT2D eigenvalue weighted by Gasteiger charge is 2.21. The Labute approximate surface area is 108 Å². The van der Waals surface area contributed by atoms with Crippen LogP contribution in [0.15, 0.2) is 18.2 Å². The molecule has 1 aromatic rings. The lowest BCUT2D eigenvalue weighted by molar-refractivity contribution is -0.139. The molecule has 0 aromatic heterocycles. The number of ether oxygens (including phenoxy) is 1. The van der Waals surface area contributed by atoms with E-state index in [0.29, 0.717) is 0 Å². The fourth-order valence-corrected chi connectivity index (χ4v) is 2.38. The molecule has 1 aliphatic rings. The lowest BCUT2D eigenvalue weighted by Crippen LogP contribution is -2.17. The lowest BCUT2D eigenvalue weighted by Gasteiger charge is -2.22. The van der Waals surface area contributed by atoms with Crippen LogP contribution < -0.4 is 4.74 Å². The van der Waals surface area contributed by atoms with Gasteiger partial charge in [0.05, 0.1) is 13.0 Å². The van der Waals surface area contributed by atoms with Crippen LogP contribution in [0.1, 0.15) is 37.8 Å². The number of benzene rings is 1. The quantitative estimate of drug-likeness (QED) is 0.871. The van der Waals surface area contributed by atoms with Gasteiger partial charge in [0.1, 0.15) is 5.75 Å². The van der Waals surface area contributed by atoms with E-state index in [1.165, 1.54) is 11.1 Å². The molecule has 0 aliphatic carbocycles. The topological polar surface area (TPSA) is 46.5 Å². The summed E-state index contributed by atoms with van der Waals surface area (Å²) in [6.07, 6.45) is 3.02. The maximum absolute atomic E-state index is 10.8. The van der Waals surface area contributed by atoms with E-state index < -0.39 is 5.97 Å². The van der Waals surface area contributed by atoms with Crippen molar-refractivity contribution in [3.05, 3.63) is 29.3 Å². The third-order valence-electron chi connectivity index (χ3n) is 3.47. The van der Waals surface area contributed by atoms with Gasteiger partial charge in [-0.1, -0.05) is 26.0 Å². The molecule has 0 atom stereocenters. The maximum Gasteiger partial charge on any atom is 0.303 e. The van der Waals surface area contributed by atoms with E-state index in [2.05, 4.69) is 12.1 Å². The Morgan fingerprint density at radius 3 is 2.94 bits per heavy atom. The van der Waals surface area contributed by atoms with Crippen LogP contribution >= 0.6 is 0 Å². The zero-order chi connectivity index (χ0) is 13.2. The van der Waals surface area contributed by atoms with Crippen molar-refractivity contribution >= 4 is 5.97 Å². The lowest BCUT2D eigenvalue weighted by atomic mass is 9.83. The summed E-state index contributed by atoms with van der Waals surface area (Å²) in [4.78, 5) is 10.8.